The Morgan fingerprint density at radius 1 is 1.30 bits per heavy atom. The van der Waals surface area contributed by atoms with Crippen LogP contribution in [0.3, 0.4) is 0 Å². The van der Waals surface area contributed by atoms with Gasteiger partial charge in [-0.2, -0.15) is 4.31 Å². The average Bonchev–Trinajstić information content (AvgIpc) is 2.46. The molecular formula is C14H19ClN2O5S. The molecule has 0 heterocycles. The number of carboxylic acid groups (broad SMARTS) is 1. The number of nitrogens with one attached hydrogen (secondary N) is 1. The first-order valence-electron chi connectivity index (χ1n) is 6.86. The molecule has 0 spiro atoms. The lowest BCUT2D eigenvalue weighted by Gasteiger charge is -2.20. The van der Waals surface area contributed by atoms with Gasteiger partial charge in [0.1, 0.15) is 0 Å². The zero-order chi connectivity index (χ0) is 17.6. The molecule has 23 heavy (non-hydrogen) atoms. The maximum atomic E-state index is 12.0. The molecule has 1 atom stereocenters. The van der Waals surface area contributed by atoms with E-state index in [1.54, 1.807) is 24.3 Å². The van der Waals surface area contributed by atoms with Crippen LogP contribution in [-0.2, 0) is 19.6 Å². The summed E-state index contributed by atoms with van der Waals surface area (Å²) in [5, 5.41) is 12.0. The molecule has 0 aliphatic carbocycles. The molecule has 1 aromatic carbocycles. The van der Waals surface area contributed by atoms with Crippen LogP contribution < -0.4 is 5.32 Å². The number of sulfonamides is 1. The predicted octanol–water partition coefficient (Wildman–Crippen LogP) is 1.25. The van der Waals surface area contributed by atoms with Crippen LogP contribution in [0.4, 0.5) is 0 Å². The first kappa shape index (κ1) is 19.4. The number of carboxylic acids is 1. The van der Waals surface area contributed by atoms with Gasteiger partial charge >= 0.3 is 5.97 Å². The van der Waals surface area contributed by atoms with E-state index in [0.717, 1.165) is 4.31 Å². The molecule has 0 fully saturated rings. The SMILES string of the molecule is CCS(=O)(=O)N(C)CC(=O)N[C@@H](CC(=O)O)c1ccc(Cl)cc1. The molecule has 1 rings (SSSR count). The lowest BCUT2D eigenvalue weighted by atomic mass is 10.0. The van der Waals surface area contributed by atoms with Crippen molar-refractivity contribution in [3.63, 3.8) is 0 Å². The van der Waals surface area contributed by atoms with Crippen LogP contribution in [0.25, 0.3) is 0 Å². The molecule has 0 bridgehead atoms. The molecule has 1 amide bonds. The van der Waals surface area contributed by atoms with Gasteiger partial charge in [-0.05, 0) is 24.6 Å². The molecule has 128 valence electrons. The standard InChI is InChI=1S/C14H19ClN2O5S/c1-3-23(21,22)17(2)9-13(18)16-12(8-14(19)20)10-4-6-11(15)7-5-10/h4-7,12H,3,8-9H2,1-2H3,(H,16,18)(H,19,20)/t12-/m0/s1. The van der Waals surface area contributed by atoms with Crippen LogP contribution in [0.5, 0.6) is 0 Å². The second-order valence-electron chi connectivity index (χ2n) is 4.93. The van der Waals surface area contributed by atoms with E-state index in [1.807, 2.05) is 0 Å². The van der Waals surface area contributed by atoms with Gasteiger partial charge < -0.3 is 10.4 Å². The summed E-state index contributed by atoms with van der Waals surface area (Å²) in [7, 11) is -2.19. The number of aliphatic carboxylic acids is 1. The summed E-state index contributed by atoms with van der Waals surface area (Å²) in [6.07, 6.45) is -0.322. The van der Waals surface area contributed by atoms with E-state index in [4.69, 9.17) is 16.7 Å². The Labute approximate surface area is 140 Å². The minimum absolute atomic E-state index is 0.119. The molecule has 0 aliphatic rings. The van der Waals surface area contributed by atoms with Crippen LogP contribution in [0.1, 0.15) is 24.9 Å². The van der Waals surface area contributed by atoms with Gasteiger partial charge in [0.2, 0.25) is 15.9 Å². The fraction of sp³-hybridized carbons (Fsp3) is 0.429. The third-order valence-electron chi connectivity index (χ3n) is 3.19. The molecule has 0 saturated heterocycles. The number of nitrogens with zero attached hydrogens (tertiary/aromatic N) is 1. The van der Waals surface area contributed by atoms with Crippen molar-refractivity contribution < 1.29 is 23.1 Å². The fourth-order valence-electron chi connectivity index (χ4n) is 1.88. The van der Waals surface area contributed by atoms with E-state index < -0.39 is 27.9 Å². The van der Waals surface area contributed by atoms with Crippen molar-refractivity contribution >= 4 is 33.5 Å². The zero-order valence-corrected chi connectivity index (χ0v) is 14.4. The Morgan fingerprint density at radius 3 is 2.35 bits per heavy atom. The van der Waals surface area contributed by atoms with Gasteiger partial charge in [0, 0.05) is 12.1 Å². The Bertz CT molecular complexity index is 660. The van der Waals surface area contributed by atoms with Crippen LogP contribution in [0.15, 0.2) is 24.3 Å². The number of amides is 1. The summed E-state index contributed by atoms with van der Waals surface area (Å²) in [6.45, 7) is 1.10. The van der Waals surface area contributed by atoms with Gasteiger partial charge in [0.15, 0.2) is 0 Å². The fourth-order valence-corrected chi connectivity index (χ4v) is 2.76. The minimum Gasteiger partial charge on any atom is -0.481 e. The van der Waals surface area contributed by atoms with Crippen molar-refractivity contribution in [2.24, 2.45) is 0 Å². The highest BCUT2D eigenvalue weighted by molar-refractivity contribution is 7.89. The van der Waals surface area contributed by atoms with E-state index in [2.05, 4.69) is 5.32 Å². The van der Waals surface area contributed by atoms with Crippen molar-refractivity contribution in [2.45, 2.75) is 19.4 Å². The smallest absolute Gasteiger partial charge is 0.305 e. The number of carbonyl (C=O) groups excluding carboxylic acids is 1. The van der Waals surface area contributed by atoms with Crippen molar-refractivity contribution in [1.82, 2.24) is 9.62 Å². The predicted molar refractivity (Wildman–Crippen MR) is 86.7 cm³/mol. The van der Waals surface area contributed by atoms with Crippen molar-refractivity contribution in [3.8, 4) is 0 Å². The number of hydrogen-bond acceptors (Lipinski definition) is 4. The molecule has 0 aliphatic heterocycles. The minimum atomic E-state index is -3.48. The van der Waals surface area contributed by atoms with Crippen LogP contribution >= 0.6 is 11.6 Å². The van der Waals surface area contributed by atoms with Gasteiger partial charge in [0.25, 0.3) is 0 Å². The summed E-state index contributed by atoms with van der Waals surface area (Å²) in [6, 6.07) is 5.64. The normalized spacial score (nSPS) is 12.9. The zero-order valence-electron chi connectivity index (χ0n) is 12.8. The second kappa shape index (κ2) is 8.28. The number of likely N-dealkylation sites (N-methyl/N-ethyl adjacent to an activating group) is 1. The van der Waals surface area contributed by atoms with E-state index in [-0.39, 0.29) is 18.7 Å². The Morgan fingerprint density at radius 2 is 1.87 bits per heavy atom. The first-order valence-corrected chi connectivity index (χ1v) is 8.85. The topological polar surface area (TPSA) is 104 Å². The quantitative estimate of drug-likeness (QED) is 0.724. The molecule has 2 N–H and O–H groups in total. The van der Waals surface area contributed by atoms with Gasteiger partial charge in [-0.15, -0.1) is 0 Å². The number of hydrogen-bond donors (Lipinski definition) is 2. The van der Waals surface area contributed by atoms with Gasteiger partial charge in [-0.25, -0.2) is 8.42 Å². The first-order chi connectivity index (χ1) is 10.7. The van der Waals surface area contributed by atoms with Crippen molar-refractivity contribution in [3.05, 3.63) is 34.9 Å². The Kier molecular flexibility index (Phi) is 6.99. The molecule has 9 heteroatoms. The van der Waals surface area contributed by atoms with Crippen molar-refractivity contribution in [2.75, 3.05) is 19.3 Å². The monoisotopic (exact) mass is 362 g/mol. The summed E-state index contributed by atoms with van der Waals surface area (Å²) < 4.78 is 24.2. The average molecular weight is 363 g/mol. The number of halogens is 1. The van der Waals surface area contributed by atoms with Gasteiger partial charge in [-0.1, -0.05) is 23.7 Å². The van der Waals surface area contributed by atoms with Crippen LogP contribution in [0.2, 0.25) is 5.02 Å². The molecule has 0 aromatic heterocycles. The highest BCUT2D eigenvalue weighted by atomic mass is 35.5. The lowest BCUT2D eigenvalue weighted by molar-refractivity contribution is -0.137. The third kappa shape index (κ3) is 6.17. The van der Waals surface area contributed by atoms with E-state index in [0.29, 0.717) is 10.6 Å². The largest absolute Gasteiger partial charge is 0.481 e. The van der Waals surface area contributed by atoms with Gasteiger partial charge in [0.05, 0.1) is 24.8 Å². The van der Waals surface area contributed by atoms with Gasteiger partial charge in [-0.3, -0.25) is 9.59 Å². The second-order valence-corrected chi connectivity index (χ2v) is 7.73. The summed E-state index contributed by atoms with van der Waals surface area (Å²) in [5.74, 6) is -1.78. The molecule has 7 nitrogen and oxygen atoms in total. The molecule has 0 radical (unpaired) electrons. The maximum Gasteiger partial charge on any atom is 0.305 e. The third-order valence-corrected chi connectivity index (χ3v) is 5.25. The maximum absolute atomic E-state index is 12.0. The highest BCUT2D eigenvalue weighted by Crippen LogP contribution is 2.19. The number of rotatable bonds is 8. The molecule has 0 unspecified atom stereocenters. The molecular weight excluding hydrogens is 344 g/mol. The van der Waals surface area contributed by atoms with Crippen molar-refractivity contribution in [1.29, 1.82) is 0 Å². The summed E-state index contributed by atoms with van der Waals surface area (Å²) in [5.41, 5.74) is 0.575. The Hall–Kier alpha value is -1.64. The van der Waals surface area contributed by atoms with Crippen LogP contribution in [0, 0.1) is 0 Å². The molecule has 1 aromatic rings. The molecule has 0 saturated carbocycles. The van der Waals surface area contributed by atoms with E-state index >= 15 is 0 Å². The van der Waals surface area contributed by atoms with E-state index in [1.165, 1.54) is 14.0 Å². The summed E-state index contributed by atoms with van der Waals surface area (Å²) in [4.78, 5) is 23.0. The number of benzene rings is 1. The Balaban J connectivity index is 2.83. The van der Waals surface area contributed by atoms with E-state index in [9.17, 15) is 18.0 Å². The number of carbonyl (C=O) groups is 2. The lowest BCUT2D eigenvalue weighted by Crippen LogP contribution is -2.40. The summed E-state index contributed by atoms with van der Waals surface area (Å²) >= 11 is 5.79. The van der Waals surface area contributed by atoms with Crippen LogP contribution in [-0.4, -0.2) is 49.1 Å². The highest BCUT2D eigenvalue weighted by Gasteiger charge is 2.22.